The van der Waals surface area contributed by atoms with Crippen molar-refractivity contribution in [1.29, 1.82) is 0 Å². The Morgan fingerprint density at radius 3 is 3.08 bits per heavy atom. The maximum absolute atomic E-state index is 3.77. The third kappa shape index (κ3) is 3.77. The number of likely N-dealkylation sites (N-methyl/N-ethyl adjacent to an activating group) is 1. The predicted molar refractivity (Wildman–Crippen MR) is 58.8 cm³/mol. The minimum Gasteiger partial charge on any atom is -0.296 e. The first-order valence-corrected chi connectivity index (χ1v) is 5.32. The molecule has 1 aliphatic carbocycles. The molecule has 0 N–H and O–H groups in total. The summed E-state index contributed by atoms with van der Waals surface area (Å²) in [6.45, 7) is 4.77. The van der Waals surface area contributed by atoms with Crippen LogP contribution in [0.25, 0.3) is 0 Å². The summed E-state index contributed by atoms with van der Waals surface area (Å²) >= 11 is 0. The summed E-state index contributed by atoms with van der Waals surface area (Å²) < 4.78 is 0. The van der Waals surface area contributed by atoms with Crippen LogP contribution in [0.4, 0.5) is 0 Å². The molecule has 0 heterocycles. The molecule has 1 nitrogen and oxygen atoms in total. The van der Waals surface area contributed by atoms with E-state index < -0.39 is 0 Å². The molecule has 1 aliphatic rings. The summed E-state index contributed by atoms with van der Waals surface area (Å²) in [6.07, 6.45) is 13.4. The third-order valence-electron chi connectivity index (χ3n) is 2.71. The first kappa shape index (κ1) is 10.5. The largest absolute Gasteiger partial charge is 0.296 e. The second-order valence-electron chi connectivity index (χ2n) is 3.86. The van der Waals surface area contributed by atoms with Crippen molar-refractivity contribution in [3.05, 3.63) is 24.8 Å². The summed E-state index contributed by atoms with van der Waals surface area (Å²) in [5.41, 5.74) is 0. The van der Waals surface area contributed by atoms with Crippen LogP contribution in [0.1, 0.15) is 32.1 Å². The Morgan fingerprint density at radius 1 is 1.46 bits per heavy atom. The second-order valence-corrected chi connectivity index (χ2v) is 3.86. The van der Waals surface area contributed by atoms with E-state index in [-0.39, 0.29) is 0 Å². The van der Waals surface area contributed by atoms with Gasteiger partial charge in [0.1, 0.15) is 0 Å². The van der Waals surface area contributed by atoms with Crippen LogP contribution in [-0.4, -0.2) is 24.5 Å². The highest BCUT2D eigenvalue weighted by atomic mass is 15.1. The van der Waals surface area contributed by atoms with E-state index in [0.717, 1.165) is 6.54 Å². The van der Waals surface area contributed by atoms with Gasteiger partial charge >= 0.3 is 0 Å². The maximum atomic E-state index is 3.77. The molecule has 13 heavy (non-hydrogen) atoms. The van der Waals surface area contributed by atoms with Crippen molar-refractivity contribution in [2.75, 3.05) is 13.6 Å². The van der Waals surface area contributed by atoms with Gasteiger partial charge in [0.2, 0.25) is 0 Å². The fourth-order valence-corrected chi connectivity index (χ4v) is 1.85. The van der Waals surface area contributed by atoms with E-state index >= 15 is 0 Å². The summed E-state index contributed by atoms with van der Waals surface area (Å²) in [5, 5.41) is 0. The average molecular weight is 179 g/mol. The van der Waals surface area contributed by atoms with Crippen LogP contribution in [0.2, 0.25) is 0 Å². The first-order valence-electron chi connectivity index (χ1n) is 5.32. The van der Waals surface area contributed by atoms with Gasteiger partial charge in [-0.05, 0) is 26.3 Å². The molecule has 0 aromatic rings. The van der Waals surface area contributed by atoms with Crippen molar-refractivity contribution in [2.24, 2.45) is 0 Å². The summed E-state index contributed by atoms with van der Waals surface area (Å²) in [6, 6.07) is 0.637. The molecule has 0 amide bonds. The van der Waals surface area contributed by atoms with Crippen molar-refractivity contribution >= 4 is 0 Å². The van der Waals surface area contributed by atoms with Crippen LogP contribution in [0.5, 0.6) is 0 Å². The molecule has 0 radical (unpaired) electrons. The van der Waals surface area contributed by atoms with Gasteiger partial charge in [-0.1, -0.05) is 31.1 Å². The van der Waals surface area contributed by atoms with Gasteiger partial charge in [0, 0.05) is 12.6 Å². The molecule has 0 aliphatic heterocycles. The highest BCUT2D eigenvalue weighted by Crippen LogP contribution is 2.15. The number of nitrogens with zero attached hydrogens (tertiary/aromatic N) is 1. The van der Waals surface area contributed by atoms with E-state index in [1.54, 1.807) is 0 Å². The molecule has 0 saturated carbocycles. The maximum Gasteiger partial charge on any atom is 0.0278 e. The van der Waals surface area contributed by atoms with Gasteiger partial charge in [0.15, 0.2) is 0 Å². The highest BCUT2D eigenvalue weighted by molar-refractivity contribution is 4.96. The number of hydrogen-bond acceptors (Lipinski definition) is 1. The molecule has 0 fully saturated rings. The Morgan fingerprint density at radius 2 is 2.31 bits per heavy atom. The lowest BCUT2D eigenvalue weighted by Crippen LogP contribution is -2.30. The average Bonchev–Trinajstić information content (AvgIpc) is 2.03. The molecule has 1 unspecified atom stereocenters. The van der Waals surface area contributed by atoms with Crippen molar-refractivity contribution in [1.82, 2.24) is 4.90 Å². The first-order chi connectivity index (χ1) is 6.34. The zero-order chi connectivity index (χ0) is 9.52. The fraction of sp³-hybridized carbons (Fsp3) is 0.667. The van der Waals surface area contributed by atoms with Crippen LogP contribution in [0.15, 0.2) is 24.8 Å². The Balaban J connectivity index is 2.44. The number of rotatable bonds is 3. The van der Waals surface area contributed by atoms with E-state index in [1.807, 2.05) is 6.08 Å². The van der Waals surface area contributed by atoms with Gasteiger partial charge < -0.3 is 0 Å². The third-order valence-corrected chi connectivity index (χ3v) is 2.71. The Labute approximate surface area is 82.1 Å². The lowest BCUT2D eigenvalue weighted by molar-refractivity contribution is 0.289. The van der Waals surface area contributed by atoms with E-state index in [9.17, 15) is 0 Å². The summed E-state index contributed by atoms with van der Waals surface area (Å²) in [7, 11) is 2.18. The lowest BCUT2D eigenvalue weighted by Gasteiger charge is -2.25. The molecule has 0 bridgehead atoms. The summed E-state index contributed by atoms with van der Waals surface area (Å²) in [5.74, 6) is 0. The summed E-state index contributed by atoms with van der Waals surface area (Å²) in [4.78, 5) is 2.37. The topological polar surface area (TPSA) is 3.24 Å². The lowest BCUT2D eigenvalue weighted by atomic mass is 10.0. The van der Waals surface area contributed by atoms with E-state index in [0.29, 0.717) is 6.04 Å². The SMILES string of the molecule is C=CCN(C)C1/C=C\CCCCC1. The standard InChI is InChI=1S/C12H21N/c1-3-11-13(2)12-9-7-5-4-6-8-10-12/h3,7,9,12H,1,4-6,8,10-11H2,2H3/b9-7-. The normalized spacial score (nSPS) is 26.5. The zero-order valence-electron chi connectivity index (χ0n) is 8.71. The van der Waals surface area contributed by atoms with Crippen molar-refractivity contribution in [2.45, 2.75) is 38.1 Å². The molecule has 1 atom stereocenters. The molecule has 1 heteroatoms. The molecule has 1 rings (SSSR count). The van der Waals surface area contributed by atoms with Crippen LogP contribution in [-0.2, 0) is 0 Å². The zero-order valence-corrected chi connectivity index (χ0v) is 8.71. The molecule has 0 aromatic heterocycles. The predicted octanol–water partition coefficient (Wildman–Crippen LogP) is 2.99. The molecule has 74 valence electrons. The van der Waals surface area contributed by atoms with Gasteiger partial charge in [-0.2, -0.15) is 0 Å². The van der Waals surface area contributed by atoms with Gasteiger partial charge in [0.25, 0.3) is 0 Å². The fourth-order valence-electron chi connectivity index (χ4n) is 1.85. The highest BCUT2D eigenvalue weighted by Gasteiger charge is 2.10. The minimum atomic E-state index is 0.637. The van der Waals surface area contributed by atoms with Crippen molar-refractivity contribution in [3.8, 4) is 0 Å². The molecule has 0 saturated heterocycles. The molecular weight excluding hydrogens is 158 g/mol. The van der Waals surface area contributed by atoms with E-state index in [2.05, 4.69) is 30.7 Å². The van der Waals surface area contributed by atoms with E-state index in [1.165, 1.54) is 32.1 Å². The van der Waals surface area contributed by atoms with Gasteiger partial charge in [-0.25, -0.2) is 0 Å². The van der Waals surface area contributed by atoms with Crippen LogP contribution >= 0.6 is 0 Å². The van der Waals surface area contributed by atoms with Gasteiger partial charge in [-0.3, -0.25) is 4.90 Å². The van der Waals surface area contributed by atoms with Crippen molar-refractivity contribution < 1.29 is 0 Å². The van der Waals surface area contributed by atoms with Crippen LogP contribution in [0.3, 0.4) is 0 Å². The Bertz CT molecular complexity index is 172. The van der Waals surface area contributed by atoms with Crippen LogP contribution in [0, 0.1) is 0 Å². The Hall–Kier alpha value is -0.560. The Kier molecular flexibility index (Phi) is 4.84. The second kappa shape index (κ2) is 5.98. The van der Waals surface area contributed by atoms with Gasteiger partial charge in [0.05, 0.1) is 0 Å². The molecular formula is C12H21N. The van der Waals surface area contributed by atoms with Crippen molar-refractivity contribution in [3.63, 3.8) is 0 Å². The minimum absolute atomic E-state index is 0.637. The van der Waals surface area contributed by atoms with Crippen LogP contribution < -0.4 is 0 Å². The number of allylic oxidation sites excluding steroid dienone is 1. The quantitative estimate of drug-likeness (QED) is 0.602. The number of hydrogen-bond donors (Lipinski definition) is 0. The molecule has 0 aromatic carbocycles. The molecule has 0 spiro atoms. The monoisotopic (exact) mass is 179 g/mol. The van der Waals surface area contributed by atoms with Gasteiger partial charge in [-0.15, -0.1) is 6.58 Å². The smallest absolute Gasteiger partial charge is 0.0278 e. The van der Waals surface area contributed by atoms with E-state index in [4.69, 9.17) is 0 Å².